The largest absolute Gasteiger partial charge is 0.315 e. The van der Waals surface area contributed by atoms with E-state index in [1.54, 1.807) is 8.61 Å². The van der Waals surface area contributed by atoms with Crippen molar-refractivity contribution in [2.75, 3.05) is 26.2 Å². The first kappa shape index (κ1) is 15.0. The fraction of sp³-hybridized carbons (Fsp3) is 0.600. The number of nitrogens with zero attached hydrogens (tertiary/aromatic N) is 2. The fourth-order valence-electron chi connectivity index (χ4n) is 3.31. The van der Waals surface area contributed by atoms with Gasteiger partial charge in [0.2, 0.25) is 0 Å². The molecule has 1 N–H and O–H groups in total. The second kappa shape index (κ2) is 6.04. The van der Waals surface area contributed by atoms with Crippen molar-refractivity contribution in [1.82, 2.24) is 13.9 Å². The molecule has 6 heteroatoms. The number of fused-ring (bicyclic) bond motifs is 1. The summed E-state index contributed by atoms with van der Waals surface area (Å²) in [6, 6.07) is 8.22. The van der Waals surface area contributed by atoms with Gasteiger partial charge in [0, 0.05) is 32.2 Å². The van der Waals surface area contributed by atoms with Gasteiger partial charge in [-0.25, -0.2) is 0 Å². The predicted octanol–water partition coefficient (Wildman–Crippen LogP) is 0.973. The highest BCUT2D eigenvalue weighted by atomic mass is 32.2. The summed E-state index contributed by atoms with van der Waals surface area (Å²) in [5, 5.41) is 3.25. The Balaban J connectivity index is 1.82. The molecule has 1 unspecified atom stereocenters. The van der Waals surface area contributed by atoms with Crippen LogP contribution in [-0.4, -0.2) is 49.2 Å². The lowest BCUT2D eigenvalue weighted by molar-refractivity contribution is 0.292. The van der Waals surface area contributed by atoms with Gasteiger partial charge in [-0.1, -0.05) is 31.2 Å². The second-order valence-corrected chi connectivity index (χ2v) is 7.59. The molecule has 1 fully saturated rings. The molecular weight excluding hydrogens is 286 g/mol. The lowest BCUT2D eigenvalue weighted by atomic mass is 10.0. The average molecular weight is 309 g/mol. The predicted molar refractivity (Wildman–Crippen MR) is 83.1 cm³/mol. The van der Waals surface area contributed by atoms with Crippen LogP contribution in [0.4, 0.5) is 0 Å². The molecule has 0 bridgehead atoms. The summed E-state index contributed by atoms with van der Waals surface area (Å²) in [5.41, 5.74) is 2.41. The molecule has 2 heterocycles. The highest BCUT2D eigenvalue weighted by Gasteiger charge is 2.36. The number of hydrogen-bond acceptors (Lipinski definition) is 3. The quantitative estimate of drug-likeness (QED) is 0.902. The van der Waals surface area contributed by atoms with E-state index in [1.165, 1.54) is 5.56 Å². The molecule has 1 saturated heterocycles. The van der Waals surface area contributed by atoms with E-state index in [1.807, 2.05) is 25.1 Å². The summed E-state index contributed by atoms with van der Waals surface area (Å²) < 4.78 is 29.2. The second-order valence-electron chi connectivity index (χ2n) is 5.71. The maximum atomic E-state index is 12.9. The summed E-state index contributed by atoms with van der Waals surface area (Å²) in [7, 11) is -3.37. The zero-order valence-electron chi connectivity index (χ0n) is 12.5. The standard InChI is InChI=1S/C15H23N3O2S/c1-2-18(15-7-9-16-11-15)21(19,20)17-10-8-13-5-3-4-6-14(13)12-17/h3-6,15-16H,2,7-12H2,1H3. The molecule has 0 spiro atoms. The fourth-order valence-corrected chi connectivity index (χ4v) is 5.11. The molecule has 2 aliphatic heterocycles. The van der Waals surface area contributed by atoms with Crippen molar-refractivity contribution in [2.24, 2.45) is 0 Å². The summed E-state index contributed by atoms with van der Waals surface area (Å²) in [6.45, 7) is 5.20. The molecule has 0 saturated carbocycles. The highest BCUT2D eigenvalue weighted by Crippen LogP contribution is 2.24. The Morgan fingerprint density at radius 3 is 2.76 bits per heavy atom. The van der Waals surface area contributed by atoms with Crippen molar-refractivity contribution in [2.45, 2.75) is 32.4 Å². The van der Waals surface area contributed by atoms with Crippen molar-refractivity contribution in [3.8, 4) is 0 Å². The molecule has 116 valence electrons. The van der Waals surface area contributed by atoms with Gasteiger partial charge in [0.25, 0.3) is 10.2 Å². The zero-order valence-corrected chi connectivity index (χ0v) is 13.3. The van der Waals surface area contributed by atoms with Crippen LogP contribution in [0.25, 0.3) is 0 Å². The minimum Gasteiger partial charge on any atom is -0.315 e. The van der Waals surface area contributed by atoms with Gasteiger partial charge in [0.15, 0.2) is 0 Å². The monoisotopic (exact) mass is 309 g/mol. The van der Waals surface area contributed by atoms with E-state index in [9.17, 15) is 8.42 Å². The first-order valence-electron chi connectivity index (χ1n) is 7.67. The molecule has 1 aromatic carbocycles. The number of likely N-dealkylation sites (N-methyl/N-ethyl adjacent to an activating group) is 1. The third-order valence-electron chi connectivity index (χ3n) is 4.47. The number of benzene rings is 1. The maximum absolute atomic E-state index is 12.9. The van der Waals surface area contributed by atoms with E-state index in [0.717, 1.165) is 31.5 Å². The van der Waals surface area contributed by atoms with E-state index in [0.29, 0.717) is 19.6 Å². The molecule has 2 aliphatic rings. The van der Waals surface area contributed by atoms with Crippen LogP contribution < -0.4 is 5.32 Å². The van der Waals surface area contributed by atoms with E-state index in [2.05, 4.69) is 11.4 Å². The first-order valence-corrected chi connectivity index (χ1v) is 9.07. The molecular formula is C15H23N3O2S. The molecule has 21 heavy (non-hydrogen) atoms. The molecule has 0 aromatic heterocycles. The lowest BCUT2D eigenvalue weighted by Crippen LogP contribution is -2.50. The van der Waals surface area contributed by atoms with Crippen LogP contribution in [0.15, 0.2) is 24.3 Å². The van der Waals surface area contributed by atoms with Crippen LogP contribution in [0.3, 0.4) is 0 Å². The van der Waals surface area contributed by atoms with E-state index >= 15 is 0 Å². The average Bonchev–Trinajstić information content (AvgIpc) is 3.01. The van der Waals surface area contributed by atoms with Crippen LogP contribution in [0, 0.1) is 0 Å². The van der Waals surface area contributed by atoms with Crippen molar-refractivity contribution < 1.29 is 8.42 Å². The topological polar surface area (TPSA) is 52.7 Å². The lowest BCUT2D eigenvalue weighted by Gasteiger charge is -2.35. The van der Waals surface area contributed by atoms with Crippen molar-refractivity contribution >= 4 is 10.2 Å². The highest BCUT2D eigenvalue weighted by molar-refractivity contribution is 7.86. The van der Waals surface area contributed by atoms with E-state index in [4.69, 9.17) is 0 Å². The Morgan fingerprint density at radius 1 is 1.33 bits per heavy atom. The first-order chi connectivity index (χ1) is 10.1. The normalized spacial score (nSPS) is 23.4. The molecule has 3 rings (SSSR count). The Kier molecular flexibility index (Phi) is 4.31. The molecule has 1 aromatic rings. The zero-order chi connectivity index (χ0) is 14.9. The molecule has 0 amide bonds. The molecule has 1 atom stereocenters. The third kappa shape index (κ3) is 2.85. The van der Waals surface area contributed by atoms with Gasteiger partial charge in [0.1, 0.15) is 0 Å². The van der Waals surface area contributed by atoms with Crippen LogP contribution in [0.1, 0.15) is 24.5 Å². The molecule has 0 radical (unpaired) electrons. The van der Waals surface area contributed by atoms with Gasteiger partial charge in [-0.2, -0.15) is 17.0 Å². The Labute approximate surface area is 127 Å². The van der Waals surface area contributed by atoms with Gasteiger partial charge in [-0.3, -0.25) is 0 Å². The number of hydrogen-bond donors (Lipinski definition) is 1. The minimum absolute atomic E-state index is 0.0946. The van der Waals surface area contributed by atoms with Gasteiger partial charge in [-0.15, -0.1) is 0 Å². The van der Waals surface area contributed by atoms with Crippen LogP contribution in [-0.2, 0) is 23.2 Å². The van der Waals surface area contributed by atoms with Crippen LogP contribution in [0.5, 0.6) is 0 Å². The summed E-state index contributed by atoms with van der Waals surface area (Å²) >= 11 is 0. The molecule has 5 nitrogen and oxygen atoms in total. The van der Waals surface area contributed by atoms with Crippen molar-refractivity contribution in [3.63, 3.8) is 0 Å². The van der Waals surface area contributed by atoms with Gasteiger partial charge in [-0.05, 0) is 30.5 Å². The summed E-state index contributed by atoms with van der Waals surface area (Å²) in [5.74, 6) is 0. The van der Waals surface area contributed by atoms with Crippen LogP contribution in [0.2, 0.25) is 0 Å². The summed E-state index contributed by atoms with van der Waals surface area (Å²) in [4.78, 5) is 0. The maximum Gasteiger partial charge on any atom is 0.282 e. The minimum atomic E-state index is -3.37. The SMILES string of the molecule is CCN(C1CCNC1)S(=O)(=O)N1CCc2ccccc2C1. The smallest absolute Gasteiger partial charge is 0.282 e. The Hall–Kier alpha value is -0.950. The van der Waals surface area contributed by atoms with E-state index in [-0.39, 0.29) is 6.04 Å². The number of rotatable bonds is 4. The molecule has 0 aliphatic carbocycles. The van der Waals surface area contributed by atoms with Gasteiger partial charge < -0.3 is 5.32 Å². The Morgan fingerprint density at radius 2 is 2.10 bits per heavy atom. The Bertz CT molecular complexity index is 597. The van der Waals surface area contributed by atoms with Crippen LogP contribution >= 0.6 is 0 Å². The van der Waals surface area contributed by atoms with Crippen molar-refractivity contribution in [3.05, 3.63) is 35.4 Å². The summed E-state index contributed by atoms with van der Waals surface area (Å²) in [6.07, 6.45) is 1.70. The van der Waals surface area contributed by atoms with Gasteiger partial charge >= 0.3 is 0 Å². The van der Waals surface area contributed by atoms with Crippen molar-refractivity contribution in [1.29, 1.82) is 0 Å². The van der Waals surface area contributed by atoms with E-state index < -0.39 is 10.2 Å². The third-order valence-corrected chi connectivity index (χ3v) is 6.58. The number of nitrogens with one attached hydrogen (secondary N) is 1. The van der Waals surface area contributed by atoms with Gasteiger partial charge in [0.05, 0.1) is 0 Å².